The third-order valence-corrected chi connectivity index (χ3v) is 9.34. The van der Waals surface area contributed by atoms with Crippen LogP contribution in [0.2, 0.25) is 0 Å². The molecule has 0 radical (unpaired) electrons. The highest BCUT2D eigenvalue weighted by Gasteiger charge is 2.41. The summed E-state index contributed by atoms with van der Waals surface area (Å²) in [6.45, 7) is 9.51. The zero-order valence-electron chi connectivity index (χ0n) is 29.5. The number of ether oxygens (including phenoxy) is 3. The van der Waals surface area contributed by atoms with E-state index < -0.39 is 5.60 Å². The number of methoxy groups -OCH3 is 1. The van der Waals surface area contributed by atoms with E-state index in [1.165, 1.54) is 0 Å². The number of rotatable bonds is 10. The van der Waals surface area contributed by atoms with Gasteiger partial charge in [0.15, 0.2) is 5.82 Å². The van der Waals surface area contributed by atoms with E-state index in [9.17, 15) is 14.4 Å². The number of aromatic nitrogens is 2. The smallest absolute Gasteiger partial charge is 0.410 e. The third-order valence-electron chi connectivity index (χ3n) is 9.34. The zero-order chi connectivity index (χ0) is 34.6. The molecule has 3 heterocycles. The summed E-state index contributed by atoms with van der Waals surface area (Å²) in [4.78, 5) is 55.7. The summed E-state index contributed by atoms with van der Waals surface area (Å²) in [5.74, 6) is 1.59. The molecule has 5 rings (SSSR count). The number of likely N-dealkylation sites (N-methyl/N-ethyl adjacent to an activating group) is 1. The van der Waals surface area contributed by atoms with Crippen LogP contribution in [0.3, 0.4) is 0 Å². The second-order valence-electron chi connectivity index (χ2n) is 13.8. The van der Waals surface area contributed by atoms with Gasteiger partial charge in [-0.15, -0.1) is 0 Å². The first-order valence-electron chi connectivity index (χ1n) is 17.1. The van der Waals surface area contributed by atoms with Gasteiger partial charge in [0.1, 0.15) is 23.1 Å². The fourth-order valence-electron chi connectivity index (χ4n) is 6.76. The molecule has 1 aromatic carbocycles. The van der Waals surface area contributed by atoms with E-state index in [0.717, 1.165) is 44.3 Å². The Morgan fingerprint density at radius 3 is 2.46 bits per heavy atom. The summed E-state index contributed by atoms with van der Waals surface area (Å²) in [7, 11) is 5.22. The van der Waals surface area contributed by atoms with Crippen molar-refractivity contribution in [1.29, 1.82) is 0 Å². The highest BCUT2D eigenvalue weighted by molar-refractivity contribution is 6.04. The monoisotopic (exact) mass is 665 g/mol. The molecule has 3 amide bonds. The van der Waals surface area contributed by atoms with E-state index in [-0.39, 0.29) is 36.1 Å². The Bertz CT molecular complexity index is 1470. The maximum atomic E-state index is 13.3. The van der Waals surface area contributed by atoms with E-state index in [4.69, 9.17) is 19.2 Å². The first-order valence-corrected chi connectivity index (χ1v) is 17.1. The van der Waals surface area contributed by atoms with Gasteiger partial charge in [0.05, 0.1) is 31.7 Å². The molecule has 2 aliphatic heterocycles. The summed E-state index contributed by atoms with van der Waals surface area (Å²) >= 11 is 0. The van der Waals surface area contributed by atoms with Crippen molar-refractivity contribution < 1.29 is 28.6 Å². The lowest BCUT2D eigenvalue weighted by Crippen LogP contribution is -2.55. The lowest BCUT2D eigenvalue weighted by molar-refractivity contribution is -0.120. The average Bonchev–Trinajstić information content (AvgIpc) is 3.61. The van der Waals surface area contributed by atoms with Gasteiger partial charge >= 0.3 is 6.09 Å². The number of hydrogen-bond acceptors (Lipinski definition) is 10. The van der Waals surface area contributed by atoms with Crippen molar-refractivity contribution >= 4 is 41.0 Å². The number of likely N-dealkylation sites (tertiary alicyclic amines) is 1. The first-order chi connectivity index (χ1) is 22.9. The number of carbonyl (C=O) groups is 3. The van der Waals surface area contributed by atoms with E-state index in [2.05, 4.69) is 15.2 Å². The second-order valence-corrected chi connectivity index (χ2v) is 13.8. The highest BCUT2D eigenvalue weighted by atomic mass is 16.6. The highest BCUT2D eigenvalue weighted by Crippen LogP contribution is 2.41. The van der Waals surface area contributed by atoms with Crippen molar-refractivity contribution in [2.24, 2.45) is 0 Å². The topological polar surface area (TPSA) is 130 Å². The molecule has 1 unspecified atom stereocenters. The van der Waals surface area contributed by atoms with Gasteiger partial charge in [-0.1, -0.05) is 19.8 Å². The molecule has 48 heavy (non-hydrogen) atoms. The minimum absolute atomic E-state index is 0.0281. The van der Waals surface area contributed by atoms with Gasteiger partial charge in [-0.25, -0.2) is 9.78 Å². The van der Waals surface area contributed by atoms with Crippen LogP contribution in [0.25, 0.3) is 0 Å². The molecule has 2 fully saturated rings. The predicted octanol–water partition coefficient (Wildman–Crippen LogP) is 4.90. The molecular weight excluding hydrogens is 614 g/mol. The van der Waals surface area contributed by atoms with E-state index in [1.807, 2.05) is 45.7 Å². The molecule has 1 aliphatic carbocycles. The van der Waals surface area contributed by atoms with Crippen LogP contribution in [0, 0.1) is 0 Å². The molecule has 1 atom stereocenters. The van der Waals surface area contributed by atoms with Gasteiger partial charge in [-0.3, -0.25) is 9.59 Å². The zero-order valence-corrected chi connectivity index (χ0v) is 29.5. The molecule has 1 aromatic heterocycles. The molecule has 1 saturated heterocycles. The standard InChI is InChI=1S/C35H51N7O6/c1-8-26-32(44)39(5)28-22-37-33(38-30(28)42(26)24-11-9-10-12-24)40(6)27-14-13-23(21-29(27)46-7)31(43)36-17-20-47-25-15-18-41(19-16-25)34(45)48-35(2,3)4/h13-14,21-22,24-26H,8-12,15-20H2,1-7H3,(H,36,43). The summed E-state index contributed by atoms with van der Waals surface area (Å²) in [5, 5.41) is 2.93. The lowest BCUT2D eigenvalue weighted by atomic mass is 10.0. The van der Waals surface area contributed by atoms with Crippen molar-refractivity contribution in [3.05, 3.63) is 30.0 Å². The van der Waals surface area contributed by atoms with E-state index in [0.29, 0.717) is 61.3 Å². The minimum Gasteiger partial charge on any atom is -0.495 e. The number of nitrogens with one attached hydrogen (secondary N) is 1. The molecule has 3 aliphatic rings. The second kappa shape index (κ2) is 15.0. The maximum absolute atomic E-state index is 13.3. The molecule has 0 spiro atoms. The molecular formula is C35H51N7O6. The number of benzene rings is 1. The van der Waals surface area contributed by atoms with Crippen LogP contribution in [0.5, 0.6) is 5.75 Å². The van der Waals surface area contributed by atoms with Crippen molar-refractivity contribution in [3.63, 3.8) is 0 Å². The molecule has 262 valence electrons. The molecule has 2 aromatic rings. The number of amides is 3. The van der Waals surface area contributed by atoms with Gasteiger partial charge in [0, 0.05) is 45.3 Å². The third kappa shape index (κ3) is 7.77. The Labute approximate surface area is 283 Å². The largest absolute Gasteiger partial charge is 0.495 e. The first kappa shape index (κ1) is 35.2. The minimum atomic E-state index is -0.519. The van der Waals surface area contributed by atoms with Crippen LogP contribution < -0.4 is 24.8 Å². The van der Waals surface area contributed by atoms with Crippen molar-refractivity contribution in [2.45, 2.75) is 96.4 Å². The lowest BCUT2D eigenvalue weighted by Gasteiger charge is -2.43. The van der Waals surface area contributed by atoms with Gasteiger partial charge in [0.2, 0.25) is 11.9 Å². The summed E-state index contributed by atoms with van der Waals surface area (Å²) in [5.41, 5.74) is 1.35. The van der Waals surface area contributed by atoms with Crippen LogP contribution >= 0.6 is 0 Å². The van der Waals surface area contributed by atoms with Crippen LogP contribution in [-0.4, -0.2) is 104 Å². The predicted molar refractivity (Wildman–Crippen MR) is 184 cm³/mol. The fraction of sp³-hybridized carbons (Fsp3) is 0.629. The summed E-state index contributed by atoms with van der Waals surface area (Å²) in [6.07, 6.45) is 7.98. The fourth-order valence-corrected chi connectivity index (χ4v) is 6.76. The quantitative estimate of drug-likeness (QED) is 0.350. The van der Waals surface area contributed by atoms with Gasteiger partial charge in [0.25, 0.3) is 5.91 Å². The maximum Gasteiger partial charge on any atom is 0.410 e. The van der Waals surface area contributed by atoms with Gasteiger partial charge < -0.3 is 39.1 Å². The van der Waals surface area contributed by atoms with Gasteiger partial charge in [-0.05, 0) is 71.1 Å². The Hall–Kier alpha value is -4.13. The number of anilines is 4. The van der Waals surface area contributed by atoms with Crippen molar-refractivity contribution in [3.8, 4) is 5.75 Å². The van der Waals surface area contributed by atoms with Crippen molar-refractivity contribution in [1.82, 2.24) is 20.2 Å². The molecule has 1 N–H and O–H groups in total. The van der Waals surface area contributed by atoms with Crippen molar-refractivity contribution in [2.75, 3.05) is 62.1 Å². The number of piperidine rings is 1. The molecule has 0 bridgehead atoms. The average molecular weight is 666 g/mol. The summed E-state index contributed by atoms with van der Waals surface area (Å²) in [6, 6.07) is 5.30. The number of nitrogens with zero attached hydrogens (tertiary/aromatic N) is 6. The van der Waals surface area contributed by atoms with Crippen LogP contribution in [0.4, 0.5) is 27.9 Å². The molecule has 1 saturated carbocycles. The van der Waals surface area contributed by atoms with Crippen LogP contribution in [0.1, 0.15) is 83.0 Å². The van der Waals surface area contributed by atoms with E-state index in [1.54, 1.807) is 42.3 Å². The van der Waals surface area contributed by atoms with Gasteiger partial charge in [-0.2, -0.15) is 4.98 Å². The number of fused-ring (bicyclic) bond motifs is 1. The number of hydrogen-bond donors (Lipinski definition) is 1. The Morgan fingerprint density at radius 2 is 1.81 bits per heavy atom. The number of carbonyl (C=O) groups excluding carboxylic acids is 3. The Balaban J connectivity index is 1.19. The van der Waals surface area contributed by atoms with Crippen LogP contribution in [-0.2, 0) is 14.3 Å². The normalized spacial score (nSPS) is 18.9. The molecule has 13 nitrogen and oxygen atoms in total. The Morgan fingerprint density at radius 1 is 1.10 bits per heavy atom. The SMILES string of the molecule is CCC1C(=O)N(C)c2cnc(N(C)c3ccc(C(=O)NCCOC4CCN(C(=O)OC(C)(C)C)CC4)cc3OC)nc2N1C1CCCC1. The molecule has 13 heteroatoms. The Kier molecular flexibility index (Phi) is 11.0. The van der Waals surface area contributed by atoms with Crippen LogP contribution in [0.15, 0.2) is 24.4 Å². The van der Waals surface area contributed by atoms with E-state index >= 15 is 0 Å². The summed E-state index contributed by atoms with van der Waals surface area (Å²) < 4.78 is 17.2.